The van der Waals surface area contributed by atoms with E-state index in [1.807, 2.05) is 47.3 Å². The Balaban J connectivity index is 4.41. The number of unbranched alkanes of at least 4 members (excludes halogenated alkanes) is 8. The van der Waals surface area contributed by atoms with Gasteiger partial charge in [0.15, 0.2) is 22.4 Å². The van der Waals surface area contributed by atoms with Crippen molar-refractivity contribution in [2.45, 2.75) is 149 Å². The second-order valence-electron chi connectivity index (χ2n) is 14.8. The predicted octanol–water partition coefficient (Wildman–Crippen LogP) is 6.31. The topological polar surface area (TPSA) is 83.1 Å². The van der Waals surface area contributed by atoms with Crippen LogP contribution in [0.1, 0.15) is 100 Å². The lowest BCUT2D eigenvalue weighted by molar-refractivity contribution is -0.210. The van der Waals surface area contributed by atoms with Crippen molar-refractivity contribution in [3.8, 4) is 11.5 Å². The maximum Gasteiger partial charge on any atom is 0.382 e. The van der Waals surface area contributed by atoms with Crippen molar-refractivity contribution in [2.75, 3.05) is 0 Å². The minimum absolute atomic E-state index is 0.189. The fourth-order valence-electron chi connectivity index (χ4n) is 6.21. The average Bonchev–Trinajstić information content (AvgIpc) is 3.06. The zero-order valence-corrected chi connectivity index (χ0v) is 41.7. The van der Waals surface area contributed by atoms with E-state index in [1.54, 1.807) is 0 Å². The van der Waals surface area contributed by atoms with Crippen molar-refractivity contribution >= 4 is 104 Å². The molecule has 0 aliphatic carbocycles. The molecule has 19 heteroatoms. The van der Waals surface area contributed by atoms with Crippen molar-refractivity contribution in [1.29, 1.82) is 0 Å². The second kappa shape index (κ2) is 21.3. The predicted molar refractivity (Wildman–Crippen MR) is 212 cm³/mol. The van der Waals surface area contributed by atoms with Crippen LogP contribution in [0.2, 0.25) is 39.3 Å². The number of hydrogen-bond donors (Lipinski definition) is 0. The monoisotopic (exact) mass is 849 g/mol. The summed E-state index contributed by atoms with van der Waals surface area (Å²) < 4.78 is 57.3. The van der Waals surface area contributed by atoms with E-state index in [-0.39, 0.29) is 11.1 Å². The smallest absolute Gasteiger partial charge is 0.382 e. The molecule has 2 atom stereocenters. The first-order valence-corrected chi connectivity index (χ1v) is 28.6. The van der Waals surface area contributed by atoms with Crippen LogP contribution < -0.4 is 8.85 Å². The molecule has 0 aliphatic heterocycles. The van der Waals surface area contributed by atoms with Crippen LogP contribution in [0.3, 0.4) is 0 Å². The van der Waals surface area contributed by atoms with Crippen LogP contribution in [-0.2, 0) is 30.7 Å². The highest BCUT2D eigenvalue weighted by Crippen LogP contribution is 2.52. The first kappa shape index (κ1) is 48.1. The molecule has 9 nitrogen and oxygen atoms in total. The zero-order chi connectivity index (χ0) is 38.6. The molecule has 1 aromatic rings. The Bertz CT molecular complexity index is 1240. The summed E-state index contributed by atoms with van der Waals surface area (Å²) in [7, 11) is 14.2. The summed E-state index contributed by atoms with van der Waals surface area (Å²) >= 11 is 0. The van der Waals surface area contributed by atoms with E-state index in [4.69, 9.17) is 39.5 Å². The third-order valence-corrected chi connectivity index (χ3v) is 20.1. The lowest BCUT2D eigenvalue weighted by atomic mass is 9.95. The molecule has 0 amide bonds. The van der Waals surface area contributed by atoms with E-state index in [2.05, 4.69) is 100.0 Å². The Labute approximate surface area is 329 Å². The van der Waals surface area contributed by atoms with E-state index in [1.165, 1.54) is 38.5 Å². The third-order valence-electron chi connectivity index (χ3n) is 8.76. The standard InChI is InChI=1S/C31H53O9Si10/c1-12-13-14-15-16-17-18-19-20-21-30(5,36-45)50(40-49(9,10)11,31(37-46,38-47)39-48(6,7)8)29(35-44)28(34-43)25-23(3)22(2)24(4)26(32-41)27(25)33-42/h12-21H2,1-11H3. The molecule has 0 bridgehead atoms. The molecule has 0 N–H and O–H groups in total. The van der Waals surface area contributed by atoms with Crippen molar-refractivity contribution in [2.24, 2.45) is 0 Å². The van der Waals surface area contributed by atoms with Crippen LogP contribution >= 0.6 is 0 Å². The van der Waals surface area contributed by atoms with Crippen molar-refractivity contribution in [1.82, 2.24) is 0 Å². The molecule has 2 unspecified atom stereocenters. The fourth-order valence-corrected chi connectivity index (χ4v) is 20.1. The van der Waals surface area contributed by atoms with Gasteiger partial charge < -0.3 is 39.5 Å². The summed E-state index contributed by atoms with van der Waals surface area (Å²) in [5.41, 5.74) is 1.15. The molecule has 0 saturated heterocycles. The minimum Gasteiger partial charge on any atom is -0.542 e. The third kappa shape index (κ3) is 11.3. The van der Waals surface area contributed by atoms with Crippen molar-refractivity contribution < 1.29 is 39.5 Å². The molecular weight excluding hydrogens is 797 g/mol. The minimum atomic E-state index is -4.29. The van der Waals surface area contributed by atoms with Gasteiger partial charge in [-0.2, -0.15) is 0 Å². The number of benzene rings is 1. The lowest BCUT2D eigenvalue weighted by Crippen LogP contribution is -2.80. The van der Waals surface area contributed by atoms with E-state index in [0.717, 1.165) is 36.0 Å². The molecule has 271 valence electrons. The van der Waals surface area contributed by atoms with Crippen LogP contribution in [0.4, 0.5) is 0 Å². The Morgan fingerprint density at radius 3 is 1.48 bits per heavy atom. The molecule has 1 rings (SSSR count). The first-order valence-electron chi connectivity index (χ1n) is 17.0. The van der Waals surface area contributed by atoms with Crippen molar-refractivity contribution in [3.63, 3.8) is 0 Å². The van der Waals surface area contributed by atoms with Crippen LogP contribution in [0.25, 0.3) is 5.76 Å². The number of rotatable bonds is 25. The largest absolute Gasteiger partial charge is 0.542 e. The molecule has 0 aromatic heterocycles. The Kier molecular flexibility index (Phi) is 20.5. The number of hydrogen-bond acceptors (Lipinski definition) is 9. The van der Waals surface area contributed by atoms with Gasteiger partial charge in [0.25, 0.3) is 26.6 Å². The van der Waals surface area contributed by atoms with Gasteiger partial charge >= 0.3 is 50.3 Å². The quantitative estimate of drug-likeness (QED) is 0.0488. The van der Waals surface area contributed by atoms with Crippen LogP contribution in [0, 0.1) is 20.8 Å². The van der Waals surface area contributed by atoms with Gasteiger partial charge in [-0.1, -0.05) is 64.7 Å². The van der Waals surface area contributed by atoms with Crippen LogP contribution in [0.5, 0.6) is 11.5 Å². The van der Waals surface area contributed by atoms with Gasteiger partial charge in [-0.3, -0.25) is 0 Å². The highest BCUT2D eigenvalue weighted by atomic mass is 28.4. The summed E-state index contributed by atoms with van der Waals surface area (Å²) in [5.74, 6) is 0.935. The summed E-state index contributed by atoms with van der Waals surface area (Å²) in [4.78, 5) is 0. The van der Waals surface area contributed by atoms with Crippen LogP contribution in [-0.4, -0.2) is 109 Å². The Morgan fingerprint density at radius 1 is 0.600 bits per heavy atom. The maximum absolute atomic E-state index is 7.49. The van der Waals surface area contributed by atoms with Gasteiger partial charge in [0.1, 0.15) is 16.9 Å². The maximum atomic E-state index is 7.49. The van der Waals surface area contributed by atoms with Gasteiger partial charge in [-0.05, 0) is 90.1 Å². The van der Waals surface area contributed by atoms with E-state index < -0.39 is 35.8 Å². The average molecular weight is 851 g/mol. The first-order chi connectivity index (χ1) is 23.3. The molecule has 0 aliphatic rings. The Morgan fingerprint density at radius 2 is 1.10 bits per heavy atom. The van der Waals surface area contributed by atoms with Crippen LogP contribution in [0.15, 0.2) is 5.38 Å². The molecule has 0 saturated carbocycles. The van der Waals surface area contributed by atoms with E-state index >= 15 is 0 Å². The van der Waals surface area contributed by atoms with Gasteiger partial charge in [-0.15, -0.1) is 0 Å². The summed E-state index contributed by atoms with van der Waals surface area (Å²) in [6, 6.07) is 0. The molecule has 0 fully saturated rings. The zero-order valence-electron chi connectivity index (χ0n) is 31.7. The molecule has 0 spiro atoms. The van der Waals surface area contributed by atoms with E-state index in [0.29, 0.717) is 23.5 Å². The summed E-state index contributed by atoms with van der Waals surface area (Å²) in [6.07, 6.45) is 10.9. The van der Waals surface area contributed by atoms with Gasteiger partial charge in [0.05, 0.1) is 10.8 Å². The normalized spacial score (nSPS) is 15.6. The van der Waals surface area contributed by atoms with E-state index in [9.17, 15) is 0 Å². The highest BCUT2D eigenvalue weighted by molar-refractivity contribution is 6.94. The van der Waals surface area contributed by atoms with Gasteiger partial charge in [0, 0.05) is 0 Å². The lowest BCUT2D eigenvalue weighted by Gasteiger charge is -2.57. The molecule has 0 heterocycles. The highest BCUT2D eigenvalue weighted by Gasteiger charge is 2.74. The van der Waals surface area contributed by atoms with Gasteiger partial charge in [0.2, 0.25) is 10.5 Å². The fraction of sp³-hybridized carbons (Fsp3) is 0.742. The molecule has 1 aromatic carbocycles. The summed E-state index contributed by atoms with van der Waals surface area (Å²) in [5, 5.41) is -1.01. The molecule has 21 radical (unpaired) electrons. The van der Waals surface area contributed by atoms with Crippen molar-refractivity contribution in [3.05, 3.63) is 27.6 Å². The molecular formula is C31H53O9Si10. The molecule has 50 heavy (non-hydrogen) atoms. The van der Waals surface area contributed by atoms with Gasteiger partial charge in [-0.25, -0.2) is 0 Å². The Hall–Kier alpha value is 0.129. The SMILES string of the molecule is CCCCCCCCCCCC(C)(O[Si])[Si](O[Si](C)(C)C)(C(O[Si])=C(O[Si])c1c(C)c(C)c(C)c(O[Si])c1O[Si])C(O[Si])(O[Si])O[Si](C)(C)C. The second-order valence-corrected chi connectivity index (χ2v) is 29.1. The summed E-state index contributed by atoms with van der Waals surface area (Å²) in [6.45, 7) is 22.4.